The van der Waals surface area contributed by atoms with Gasteiger partial charge in [-0.2, -0.15) is 0 Å². The van der Waals surface area contributed by atoms with E-state index < -0.39 is 0 Å². The first-order valence-corrected chi connectivity index (χ1v) is 11.9. The predicted molar refractivity (Wildman–Crippen MR) is 118 cm³/mol. The Morgan fingerprint density at radius 2 is 2.14 bits per heavy atom. The number of thiophene rings is 1. The van der Waals surface area contributed by atoms with Crippen LogP contribution in [0.2, 0.25) is 5.15 Å². The second-order valence-corrected chi connectivity index (χ2v) is 9.26. The Labute approximate surface area is 179 Å². The van der Waals surface area contributed by atoms with E-state index >= 15 is 0 Å². The van der Waals surface area contributed by atoms with Crippen LogP contribution in [0.1, 0.15) is 51.7 Å². The molecule has 5 heterocycles. The van der Waals surface area contributed by atoms with Gasteiger partial charge in [0.1, 0.15) is 11.7 Å². The third-order valence-electron chi connectivity index (χ3n) is 6.04. The first-order chi connectivity index (χ1) is 14.2. The summed E-state index contributed by atoms with van der Waals surface area (Å²) in [6.45, 7) is 5.08. The third-order valence-corrected chi connectivity index (χ3v) is 7.17. The summed E-state index contributed by atoms with van der Waals surface area (Å²) in [6.07, 6.45) is 6.85. The number of imidazole rings is 1. The van der Waals surface area contributed by atoms with Gasteiger partial charge in [-0.05, 0) is 49.5 Å². The molecule has 29 heavy (non-hydrogen) atoms. The number of nitrogens with zero attached hydrogens (tertiary/aromatic N) is 5. The van der Waals surface area contributed by atoms with E-state index in [2.05, 4.69) is 21.4 Å². The van der Waals surface area contributed by atoms with Gasteiger partial charge < -0.3 is 9.64 Å². The van der Waals surface area contributed by atoms with E-state index in [1.54, 1.807) is 11.3 Å². The molecule has 0 radical (unpaired) electrons. The van der Waals surface area contributed by atoms with Crippen LogP contribution in [-0.2, 0) is 4.74 Å². The fraction of sp³-hybridized carbons (Fsp3) is 0.571. The van der Waals surface area contributed by atoms with Crippen LogP contribution in [0, 0.1) is 5.92 Å². The molecule has 0 N–H and O–H groups in total. The molecule has 0 aliphatic carbocycles. The van der Waals surface area contributed by atoms with E-state index in [9.17, 15) is 0 Å². The number of fused-ring (bicyclic) bond motifs is 1. The monoisotopic (exact) mass is 431 g/mol. The maximum absolute atomic E-state index is 6.62. The second-order valence-electron chi connectivity index (χ2n) is 7.95. The van der Waals surface area contributed by atoms with E-state index in [-0.39, 0.29) is 6.23 Å². The summed E-state index contributed by atoms with van der Waals surface area (Å²) in [5, 5.41) is 2.45. The zero-order chi connectivity index (χ0) is 19.8. The topological polar surface area (TPSA) is 56.1 Å². The Hall–Kier alpha value is -1.70. The molecule has 6 nitrogen and oxygen atoms in total. The zero-order valence-corrected chi connectivity index (χ0v) is 18.3. The van der Waals surface area contributed by atoms with Gasteiger partial charge in [-0.1, -0.05) is 31.0 Å². The largest absolute Gasteiger partial charge is 0.358 e. The number of hydrogen-bond donors (Lipinski definition) is 0. The van der Waals surface area contributed by atoms with Crippen molar-refractivity contribution in [2.24, 2.45) is 5.92 Å². The molecule has 2 atom stereocenters. The maximum atomic E-state index is 6.62. The molecule has 154 valence electrons. The molecule has 2 fully saturated rings. The Balaban J connectivity index is 1.66. The molecule has 0 spiro atoms. The van der Waals surface area contributed by atoms with E-state index in [0.29, 0.717) is 22.4 Å². The molecule has 0 saturated carbocycles. The number of rotatable bonds is 4. The highest BCUT2D eigenvalue weighted by molar-refractivity contribution is 7.13. The van der Waals surface area contributed by atoms with Crippen molar-refractivity contribution in [3.8, 4) is 10.7 Å². The number of ether oxygens (including phenoxy) is 1. The molecule has 2 aliphatic rings. The standard InChI is InChI=1S/C21H26ClN5OS/c1-2-14-7-5-10-26(13-14)21-23-17-18(22)24-19(15-8-6-12-29-15)25-20(17)27(21)16-9-3-4-11-28-16/h6,8,12,14,16H,2-5,7,9-11,13H2,1H3. The summed E-state index contributed by atoms with van der Waals surface area (Å²) in [5.41, 5.74) is 1.46. The fourth-order valence-electron chi connectivity index (χ4n) is 4.44. The molecule has 0 amide bonds. The van der Waals surface area contributed by atoms with Gasteiger partial charge in [-0.25, -0.2) is 15.0 Å². The highest BCUT2D eigenvalue weighted by Gasteiger charge is 2.30. The molecule has 0 bridgehead atoms. The number of piperidine rings is 1. The minimum absolute atomic E-state index is 0.0482. The minimum atomic E-state index is -0.0482. The Kier molecular flexibility index (Phi) is 5.45. The van der Waals surface area contributed by atoms with Gasteiger partial charge >= 0.3 is 0 Å². The number of hydrogen-bond acceptors (Lipinski definition) is 6. The van der Waals surface area contributed by atoms with E-state index in [0.717, 1.165) is 55.4 Å². The lowest BCUT2D eigenvalue weighted by molar-refractivity contribution is -0.0290. The van der Waals surface area contributed by atoms with Gasteiger partial charge in [0, 0.05) is 19.7 Å². The van der Waals surface area contributed by atoms with Gasteiger partial charge in [0.05, 0.1) is 4.88 Å². The van der Waals surface area contributed by atoms with Crippen LogP contribution in [-0.4, -0.2) is 39.2 Å². The zero-order valence-electron chi connectivity index (χ0n) is 16.7. The average Bonchev–Trinajstić information content (AvgIpc) is 3.43. The van der Waals surface area contributed by atoms with Gasteiger partial charge in [-0.15, -0.1) is 11.3 Å². The lowest BCUT2D eigenvalue weighted by Gasteiger charge is -2.35. The summed E-state index contributed by atoms with van der Waals surface area (Å²) >= 11 is 8.23. The molecule has 3 aromatic heterocycles. The molecular formula is C21H26ClN5OS. The maximum Gasteiger partial charge on any atom is 0.210 e. The smallest absolute Gasteiger partial charge is 0.210 e. The summed E-state index contributed by atoms with van der Waals surface area (Å²) in [7, 11) is 0. The predicted octanol–water partition coefficient (Wildman–Crippen LogP) is 5.53. The minimum Gasteiger partial charge on any atom is -0.358 e. The molecular weight excluding hydrogens is 406 g/mol. The molecule has 3 aromatic rings. The highest BCUT2D eigenvalue weighted by atomic mass is 35.5. The highest BCUT2D eigenvalue weighted by Crippen LogP contribution is 2.36. The van der Waals surface area contributed by atoms with Gasteiger partial charge in [0.15, 0.2) is 16.6 Å². The van der Waals surface area contributed by atoms with Crippen LogP contribution in [0.3, 0.4) is 0 Å². The second kappa shape index (κ2) is 8.20. The van der Waals surface area contributed by atoms with Crippen LogP contribution in [0.4, 0.5) is 5.95 Å². The van der Waals surface area contributed by atoms with Crippen molar-refractivity contribution in [1.82, 2.24) is 19.5 Å². The molecule has 2 aliphatic heterocycles. The quantitative estimate of drug-likeness (QED) is 0.508. The fourth-order valence-corrected chi connectivity index (χ4v) is 5.31. The molecule has 2 saturated heterocycles. The number of anilines is 1. The average molecular weight is 432 g/mol. The SMILES string of the molecule is CCC1CCCN(c2nc3c(Cl)nc(-c4cccs4)nc3n2C2CCCCO2)C1. The summed E-state index contributed by atoms with van der Waals surface area (Å²) < 4.78 is 8.37. The van der Waals surface area contributed by atoms with Crippen molar-refractivity contribution < 1.29 is 4.74 Å². The van der Waals surface area contributed by atoms with Crippen molar-refractivity contribution in [3.63, 3.8) is 0 Å². The normalized spacial score (nSPS) is 23.0. The van der Waals surface area contributed by atoms with Crippen molar-refractivity contribution >= 4 is 40.0 Å². The van der Waals surface area contributed by atoms with Gasteiger partial charge in [-0.3, -0.25) is 4.57 Å². The van der Waals surface area contributed by atoms with E-state index in [1.165, 1.54) is 19.3 Å². The van der Waals surface area contributed by atoms with Crippen molar-refractivity contribution in [2.45, 2.75) is 51.7 Å². The van der Waals surface area contributed by atoms with Gasteiger partial charge in [0.25, 0.3) is 0 Å². The Morgan fingerprint density at radius 3 is 2.90 bits per heavy atom. The number of aromatic nitrogens is 4. The summed E-state index contributed by atoms with van der Waals surface area (Å²) in [4.78, 5) is 17.8. The van der Waals surface area contributed by atoms with Crippen molar-refractivity contribution in [1.29, 1.82) is 0 Å². The first kappa shape index (κ1) is 19.3. The molecule has 5 rings (SSSR count). The summed E-state index contributed by atoms with van der Waals surface area (Å²) in [6, 6.07) is 4.03. The van der Waals surface area contributed by atoms with Crippen LogP contribution in [0.5, 0.6) is 0 Å². The van der Waals surface area contributed by atoms with Crippen LogP contribution >= 0.6 is 22.9 Å². The van der Waals surface area contributed by atoms with Crippen LogP contribution < -0.4 is 4.90 Å². The van der Waals surface area contributed by atoms with E-state index in [1.807, 2.05) is 17.5 Å². The third kappa shape index (κ3) is 3.64. The molecule has 2 unspecified atom stereocenters. The van der Waals surface area contributed by atoms with Crippen LogP contribution in [0.15, 0.2) is 17.5 Å². The lowest BCUT2D eigenvalue weighted by atomic mass is 9.96. The Bertz CT molecular complexity index is 983. The first-order valence-electron chi connectivity index (χ1n) is 10.6. The Morgan fingerprint density at radius 1 is 1.21 bits per heavy atom. The summed E-state index contributed by atoms with van der Waals surface area (Å²) in [5.74, 6) is 2.29. The van der Waals surface area contributed by atoms with Gasteiger partial charge in [0.2, 0.25) is 5.95 Å². The lowest BCUT2D eigenvalue weighted by Crippen LogP contribution is -2.37. The number of halogens is 1. The van der Waals surface area contributed by atoms with E-state index in [4.69, 9.17) is 26.3 Å². The van der Waals surface area contributed by atoms with Crippen LogP contribution in [0.25, 0.3) is 21.9 Å². The molecule has 0 aromatic carbocycles. The van der Waals surface area contributed by atoms with Crippen molar-refractivity contribution in [3.05, 3.63) is 22.7 Å². The molecule has 8 heteroatoms. The van der Waals surface area contributed by atoms with Crippen molar-refractivity contribution in [2.75, 3.05) is 24.6 Å².